The number of nitrogens with one attached hydrogen (secondary N) is 1. The summed E-state index contributed by atoms with van der Waals surface area (Å²) in [4.78, 5) is 22.6. The molecule has 1 aliphatic rings. The van der Waals surface area contributed by atoms with Crippen molar-refractivity contribution in [2.75, 3.05) is 0 Å². The maximum Gasteiger partial charge on any atom is 0.310 e. The summed E-state index contributed by atoms with van der Waals surface area (Å²) in [5.41, 5.74) is 0.0324. The van der Waals surface area contributed by atoms with Crippen molar-refractivity contribution in [3.05, 3.63) is 35.9 Å². The molecule has 0 saturated heterocycles. The van der Waals surface area contributed by atoms with Gasteiger partial charge in [-0.25, -0.2) is 0 Å². The van der Waals surface area contributed by atoms with E-state index in [0.717, 1.165) is 6.07 Å². The number of hydrogen-bond acceptors (Lipinski definition) is 4. The number of phenolic OH excluding ortho intramolecular Hbond substituents is 2. The zero-order valence-corrected chi connectivity index (χ0v) is 9.91. The number of aromatic hydroxyl groups is 2. The molecule has 2 unspecified atom stereocenters. The van der Waals surface area contributed by atoms with Gasteiger partial charge in [-0.1, -0.05) is 12.2 Å². The zero-order chi connectivity index (χ0) is 14.0. The number of carbonyl (C=O) groups is 2. The summed E-state index contributed by atoms with van der Waals surface area (Å²) in [5.74, 6) is -2.51. The van der Waals surface area contributed by atoms with Crippen molar-refractivity contribution in [2.45, 2.75) is 12.5 Å². The molecule has 19 heavy (non-hydrogen) atoms. The van der Waals surface area contributed by atoms with Crippen molar-refractivity contribution < 1.29 is 24.9 Å². The lowest BCUT2D eigenvalue weighted by atomic mass is 10.1. The van der Waals surface area contributed by atoms with Gasteiger partial charge in [0.1, 0.15) is 11.5 Å². The van der Waals surface area contributed by atoms with Crippen LogP contribution in [0.2, 0.25) is 0 Å². The Morgan fingerprint density at radius 3 is 2.53 bits per heavy atom. The highest BCUT2D eigenvalue weighted by atomic mass is 16.4. The van der Waals surface area contributed by atoms with E-state index in [-0.39, 0.29) is 23.1 Å². The molecule has 2 atom stereocenters. The summed E-state index contributed by atoms with van der Waals surface area (Å²) < 4.78 is 0. The van der Waals surface area contributed by atoms with E-state index in [0.29, 0.717) is 6.42 Å². The molecule has 6 nitrogen and oxygen atoms in total. The second-order valence-electron chi connectivity index (χ2n) is 4.35. The smallest absolute Gasteiger partial charge is 0.310 e. The van der Waals surface area contributed by atoms with Crippen molar-refractivity contribution in [1.29, 1.82) is 0 Å². The average Bonchev–Trinajstić information content (AvgIpc) is 2.77. The summed E-state index contributed by atoms with van der Waals surface area (Å²) in [6.07, 6.45) is 3.44. The molecule has 100 valence electrons. The van der Waals surface area contributed by atoms with Gasteiger partial charge >= 0.3 is 5.97 Å². The van der Waals surface area contributed by atoms with Gasteiger partial charge in [0.05, 0.1) is 11.5 Å². The monoisotopic (exact) mass is 263 g/mol. The summed E-state index contributed by atoms with van der Waals surface area (Å²) in [5, 5.41) is 30.1. The lowest BCUT2D eigenvalue weighted by Crippen LogP contribution is -2.33. The highest BCUT2D eigenvalue weighted by molar-refractivity contribution is 5.97. The fraction of sp³-hybridized carbons (Fsp3) is 0.231. The number of carboxylic acid groups (broad SMARTS) is 1. The minimum Gasteiger partial charge on any atom is -0.508 e. The van der Waals surface area contributed by atoms with E-state index >= 15 is 0 Å². The quantitative estimate of drug-likeness (QED) is 0.605. The minimum atomic E-state index is -0.930. The van der Waals surface area contributed by atoms with Gasteiger partial charge in [-0.2, -0.15) is 0 Å². The van der Waals surface area contributed by atoms with Gasteiger partial charge in [0.25, 0.3) is 5.91 Å². The molecular weight excluding hydrogens is 250 g/mol. The van der Waals surface area contributed by atoms with Gasteiger partial charge in [-0.05, 0) is 18.6 Å². The van der Waals surface area contributed by atoms with E-state index in [1.54, 1.807) is 6.08 Å². The highest BCUT2D eigenvalue weighted by Gasteiger charge is 2.26. The van der Waals surface area contributed by atoms with Crippen LogP contribution in [-0.2, 0) is 4.79 Å². The Labute approximate surface area is 109 Å². The number of phenols is 2. The number of hydrogen-bond donors (Lipinski definition) is 4. The first-order chi connectivity index (χ1) is 8.97. The predicted octanol–water partition coefficient (Wildman–Crippen LogP) is 0.857. The van der Waals surface area contributed by atoms with E-state index in [9.17, 15) is 14.7 Å². The first-order valence-electron chi connectivity index (χ1n) is 5.71. The topological polar surface area (TPSA) is 107 Å². The maximum atomic E-state index is 11.9. The molecule has 0 fully saturated rings. The van der Waals surface area contributed by atoms with Crippen molar-refractivity contribution in [1.82, 2.24) is 5.32 Å². The van der Waals surface area contributed by atoms with E-state index in [1.165, 1.54) is 18.2 Å². The molecule has 0 radical (unpaired) electrons. The lowest BCUT2D eigenvalue weighted by molar-refractivity contribution is -0.140. The van der Waals surface area contributed by atoms with Gasteiger partial charge in [0.2, 0.25) is 0 Å². The fourth-order valence-corrected chi connectivity index (χ4v) is 1.95. The standard InChI is InChI=1S/C13H13NO5/c15-9-3-4-10(11(16)6-9)12(17)14-8-2-1-7(5-8)13(18)19/h1-4,6-8,15-16H,5H2,(H,14,17)(H,18,19). The van der Waals surface area contributed by atoms with Crippen molar-refractivity contribution in [3.63, 3.8) is 0 Å². The first kappa shape index (κ1) is 12.9. The average molecular weight is 263 g/mol. The van der Waals surface area contributed by atoms with E-state index < -0.39 is 17.8 Å². The molecule has 0 saturated carbocycles. The van der Waals surface area contributed by atoms with Crippen LogP contribution in [0.1, 0.15) is 16.8 Å². The van der Waals surface area contributed by atoms with Crippen molar-refractivity contribution in [3.8, 4) is 11.5 Å². The van der Waals surface area contributed by atoms with Gasteiger partial charge < -0.3 is 20.6 Å². The molecule has 1 aromatic rings. The van der Waals surface area contributed by atoms with Gasteiger partial charge in [0.15, 0.2) is 0 Å². The minimum absolute atomic E-state index is 0.0324. The molecule has 1 aliphatic carbocycles. The Hall–Kier alpha value is -2.50. The number of carboxylic acids is 1. The largest absolute Gasteiger partial charge is 0.508 e. The van der Waals surface area contributed by atoms with E-state index in [1.807, 2.05) is 0 Å². The van der Waals surface area contributed by atoms with Crippen LogP contribution < -0.4 is 5.32 Å². The van der Waals surface area contributed by atoms with Crippen LogP contribution >= 0.6 is 0 Å². The van der Waals surface area contributed by atoms with Gasteiger partial charge in [0, 0.05) is 12.1 Å². The maximum absolute atomic E-state index is 11.9. The van der Waals surface area contributed by atoms with Crippen LogP contribution in [-0.4, -0.2) is 33.2 Å². The predicted molar refractivity (Wildman–Crippen MR) is 65.9 cm³/mol. The molecule has 6 heteroatoms. The zero-order valence-electron chi connectivity index (χ0n) is 9.91. The Bertz CT molecular complexity index is 552. The molecule has 0 aromatic heterocycles. The normalized spacial score (nSPS) is 21.3. The summed E-state index contributed by atoms with van der Waals surface area (Å²) in [6.45, 7) is 0. The molecule has 0 heterocycles. The Morgan fingerprint density at radius 2 is 1.95 bits per heavy atom. The SMILES string of the molecule is O=C(NC1C=CC(C(=O)O)C1)c1ccc(O)cc1O. The fourth-order valence-electron chi connectivity index (χ4n) is 1.95. The molecule has 0 aliphatic heterocycles. The second-order valence-corrected chi connectivity index (χ2v) is 4.35. The summed E-state index contributed by atoms with van der Waals surface area (Å²) >= 11 is 0. The highest BCUT2D eigenvalue weighted by Crippen LogP contribution is 2.23. The first-order valence-corrected chi connectivity index (χ1v) is 5.71. The molecule has 0 spiro atoms. The molecular formula is C13H13NO5. The van der Waals surface area contributed by atoms with Crippen LogP contribution in [0.4, 0.5) is 0 Å². The Kier molecular flexibility index (Phi) is 3.41. The summed E-state index contributed by atoms with van der Waals surface area (Å²) in [7, 11) is 0. The Morgan fingerprint density at radius 1 is 1.21 bits per heavy atom. The third-order valence-electron chi connectivity index (χ3n) is 2.94. The van der Waals surface area contributed by atoms with Crippen LogP contribution in [0.25, 0.3) is 0 Å². The molecule has 2 rings (SSSR count). The number of rotatable bonds is 3. The van der Waals surface area contributed by atoms with Gasteiger partial charge in [-0.3, -0.25) is 9.59 Å². The third-order valence-corrected chi connectivity index (χ3v) is 2.94. The van der Waals surface area contributed by atoms with Crippen molar-refractivity contribution in [2.24, 2.45) is 5.92 Å². The number of aliphatic carboxylic acids is 1. The Balaban J connectivity index is 2.03. The number of amides is 1. The lowest BCUT2D eigenvalue weighted by Gasteiger charge is -2.12. The van der Waals surface area contributed by atoms with E-state index in [4.69, 9.17) is 10.2 Å². The molecule has 1 amide bonds. The summed E-state index contributed by atoms with van der Waals surface area (Å²) in [6, 6.07) is 3.29. The van der Waals surface area contributed by atoms with Crippen LogP contribution in [0.15, 0.2) is 30.4 Å². The van der Waals surface area contributed by atoms with E-state index in [2.05, 4.69) is 5.32 Å². The van der Waals surface area contributed by atoms with Crippen LogP contribution in [0.5, 0.6) is 11.5 Å². The molecule has 1 aromatic carbocycles. The van der Waals surface area contributed by atoms with Crippen LogP contribution in [0, 0.1) is 5.92 Å². The number of benzene rings is 1. The molecule has 0 bridgehead atoms. The number of carbonyl (C=O) groups excluding carboxylic acids is 1. The van der Waals surface area contributed by atoms with Crippen LogP contribution in [0.3, 0.4) is 0 Å². The van der Waals surface area contributed by atoms with Gasteiger partial charge in [-0.15, -0.1) is 0 Å². The molecule has 4 N–H and O–H groups in total. The van der Waals surface area contributed by atoms with Crippen molar-refractivity contribution >= 4 is 11.9 Å². The second kappa shape index (κ2) is 5.01. The third kappa shape index (κ3) is 2.85.